The van der Waals surface area contributed by atoms with E-state index in [1.807, 2.05) is 49.6 Å². The summed E-state index contributed by atoms with van der Waals surface area (Å²) in [5.41, 5.74) is 2.13. The van der Waals surface area contributed by atoms with Crippen LogP contribution in [0.25, 0.3) is 5.65 Å². The molecule has 0 bridgehead atoms. The Kier molecular flexibility index (Phi) is 4.33. The van der Waals surface area contributed by atoms with E-state index < -0.39 is 0 Å². The second-order valence-corrected chi connectivity index (χ2v) is 6.88. The third-order valence-corrected chi connectivity index (χ3v) is 4.99. The molecule has 0 spiro atoms. The molecule has 0 aliphatic rings. The van der Waals surface area contributed by atoms with Crippen LogP contribution in [-0.4, -0.2) is 40.4 Å². The SMILES string of the molecule is CN(Cc1sc(N(C)C)nc1Cl)Cc1cnc2ccccn12. The summed E-state index contributed by atoms with van der Waals surface area (Å²) in [5, 5.41) is 1.53. The van der Waals surface area contributed by atoms with Crippen LogP contribution in [0.2, 0.25) is 5.15 Å². The number of nitrogens with zero attached hydrogens (tertiary/aromatic N) is 5. The largest absolute Gasteiger partial charge is 0.354 e. The number of rotatable bonds is 5. The Labute approximate surface area is 138 Å². The van der Waals surface area contributed by atoms with E-state index in [4.69, 9.17) is 11.6 Å². The third-order valence-electron chi connectivity index (χ3n) is 3.36. The fraction of sp³-hybridized carbons (Fsp3) is 0.333. The minimum atomic E-state index is 0.596. The summed E-state index contributed by atoms with van der Waals surface area (Å²) in [5.74, 6) is 0. The van der Waals surface area contributed by atoms with Crippen LogP contribution in [0, 0.1) is 0 Å². The van der Waals surface area contributed by atoms with E-state index in [1.54, 1.807) is 11.3 Å². The maximum absolute atomic E-state index is 6.24. The third kappa shape index (κ3) is 3.09. The topological polar surface area (TPSA) is 36.7 Å². The van der Waals surface area contributed by atoms with Gasteiger partial charge in [0.15, 0.2) is 5.13 Å². The lowest BCUT2D eigenvalue weighted by Gasteiger charge is -2.15. The van der Waals surface area contributed by atoms with Gasteiger partial charge in [-0.05, 0) is 19.2 Å². The van der Waals surface area contributed by atoms with Gasteiger partial charge in [-0.1, -0.05) is 29.0 Å². The molecule has 0 amide bonds. The molecule has 0 N–H and O–H groups in total. The Morgan fingerprint density at radius 2 is 2.05 bits per heavy atom. The number of thiazole rings is 1. The van der Waals surface area contributed by atoms with Gasteiger partial charge in [-0.15, -0.1) is 0 Å². The quantitative estimate of drug-likeness (QED) is 0.717. The van der Waals surface area contributed by atoms with E-state index in [0.717, 1.165) is 34.4 Å². The molecule has 0 atom stereocenters. The fourth-order valence-electron chi connectivity index (χ4n) is 2.29. The molecule has 0 fully saturated rings. The molecule has 0 saturated heterocycles. The molecule has 0 saturated carbocycles. The van der Waals surface area contributed by atoms with Crippen LogP contribution in [0.15, 0.2) is 30.6 Å². The van der Waals surface area contributed by atoms with Crippen LogP contribution < -0.4 is 4.90 Å². The number of aromatic nitrogens is 3. The normalized spacial score (nSPS) is 11.5. The van der Waals surface area contributed by atoms with Gasteiger partial charge in [0.2, 0.25) is 0 Å². The number of imidazole rings is 1. The predicted molar refractivity (Wildman–Crippen MR) is 91.8 cm³/mol. The Morgan fingerprint density at radius 1 is 1.23 bits per heavy atom. The van der Waals surface area contributed by atoms with E-state index in [-0.39, 0.29) is 0 Å². The van der Waals surface area contributed by atoms with Crippen molar-refractivity contribution in [2.24, 2.45) is 0 Å². The highest BCUT2D eigenvalue weighted by molar-refractivity contribution is 7.16. The van der Waals surface area contributed by atoms with Crippen molar-refractivity contribution < 1.29 is 0 Å². The highest BCUT2D eigenvalue weighted by Gasteiger charge is 2.14. The first-order valence-corrected chi connectivity index (χ1v) is 8.16. The van der Waals surface area contributed by atoms with Crippen molar-refractivity contribution in [3.8, 4) is 0 Å². The summed E-state index contributed by atoms with van der Waals surface area (Å²) in [4.78, 5) is 14.1. The van der Waals surface area contributed by atoms with Gasteiger partial charge in [0, 0.05) is 33.4 Å². The molecular weight excluding hydrogens is 318 g/mol. The zero-order valence-electron chi connectivity index (χ0n) is 12.8. The molecule has 3 aromatic heterocycles. The molecular formula is C15H18ClN5S. The fourth-order valence-corrected chi connectivity index (χ4v) is 3.55. The lowest BCUT2D eigenvalue weighted by Crippen LogP contribution is -2.17. The second kappa shape index (κ2) is 6.24. The number of hydrogen-bond donors (Lipinski definition) is 0. The number of fused-ring (bicyclic) bond motifs is 1. The smallest absolute Gasteiger partial charge is 0.186 e. The van der Waals surface area contributed by atoms with Crippen molar-refractivity contribution >= 4 is 33.7 Å². The monoisotopic (exact) mass is 335 g/mol. The van der Waals surface area contributed by atoms with Gasteiger partial charge in [0.25, 0.3) is 0 Å². The minimum Gasteiger partial charge on any atom is -0.354 e. The molecule has 22 heavy (non-hydrogen) atoms. The van der Waals surface area contributed by atoms with E-state index in [0.29, 0.717) is 5.15 Å². The molecule has 3 rings (SSSR count). The van der Waals surface area contributed by atoms with E-state index in [1.165, 1.54) is 0 Å². The van der Waals surface area contributed by atoms with Crippen molar-refractivity contribution in [2.45, 2.75) is 13.1 Å². The highest BCUT2D eigenvalue weighted by Crippen LogP contribution is 2.29. The van der Waals surface area contributed by atoms with Crippen molar-refractivity contribution in [3.63, 3.8) is 0 Å². The number of halogens is 1. The maximum atomic E-state index is 6.24. The standard InChI is InChI=1S/C15H18ClN5S/c1-19(2)15-18-14(16)12(22-15)10-20(3)9-11-8-17-13-6-4-5-7-21(11)13/h4-8H,9-10H2,1-3H3. The van der Waals surface area contributed by atoms with Crippen molar-refractivity contribution in [1.29, 1.82) is 0 Å². The molecule has 3 heterocycles. The molecule has 7 heteroatoms. The molecule has 5 nitrogen and oxygen atoms in total. The molecule has 116 valence electrons. The minimum absolute atomic E-state index is 0.596. The van der Waals surface area contributed by atoms with Crippen LogP contribution >= 0.6 is 22.9 Å². The van der Waals surface area contributed by atoms with Crippen LogP contribution in [0.3, 0.4) is 0 Å². The number of anilines is 1. The van der Waals surface area contributed by atoms with Crippen LogP contribution in [0.5, 0.6) is 0 Å². The van der Waals surface area contributed by atoms with Gasteiger partial charge in [-0.2, -0.15) is 0 Å². The summed E-state index contributed by atoms with van der Waals surface area (Å²) in [6, 6.07) is 6.02. The zero-order chi connectivity index (χ0) is 15.7. The van der Waals surface area contributed by atoms with Gasteiger partial charge in [-0.25, -0.2) is 9.97 Å². The summed E-state index contributed by atoms with van der Waals surface area (Å²) in [7, 11) is 6.02. The Balaban J connectivity index is 1.74. The number of hydrogen-bond acceptors (Lipinski definition) is 5. The van der Waals surface area contributed by atoms with Crippen molar-refractivity contribution in [3.05, 3.63) is 46.3 Å². The molecule has 0 aliphatic heterocycles. The Bertz CT molecular complexity index is 779. The second-order valence-electron chi connectivity index (χ2n) is 5.46. The van der Waals surface area contributed by atoms with Crippen LogP contribution in [0.1, 0.15) is 10.6 Å². The van der Waals surface area contributed by atoms with E-state index in [2.05, 4.69) is 26.3 Å². The van der Waals surface area contributed by atoms with Gasteiger partial charge < -0.3 is 9.30 Å². The Morgan fingerprint density at radius 3 is 2.77 bits per heavy atom. The lowest BCUT2D eigenvalue weighted by molar-refractivity contribution is 0.317. The van der Waals surface area contributed by atoms with Crippen molar-refractivity contribution in [1.82, 2.24) is 19.3 Å². The zero-order valence-corrected chi connectivity index (χ0v) is 14.4. The van der Waals surface area contributed by atoms with Crippen molar-refractivity contribution in [2.75, 3.05) is 26.0 Å². The van der Waals surface area contributed by atoms with Gasteiger partial charge in [0.1, 0.15) is 10.8 Å². The Hall–Kier alpha value is -1.63. The lowest BCUT2D eigenvalue weighted by atomic mass is 10.4. The average molecular weight is 336 g/mol. The van der Waals surface area contributed by atoms with Crippen LogP contribution in [0.4, 0.5) is 5.13 Å². The molecule has 0 aromatic carbocycles. The highest BCUT2D eigenvalue weighted by atomic mass is 35.5. The van der Waals surface area contributed by atoms with Gasteiger partial charge in [0.05, 0.1) is 16.8 Å². The van der Waals surface area contributed by atoms with E-state index >= 15 is 0 Å². The van der Waals surface area contributed by atoms with Gasteiger partial charge >= 0.3 is 0 Å². The predicted octanol–water partition coefficient (Wildman–Crippen LogP) is 3.14. The summed E-state index contributed by atoms with van der Waals surface area (Å²) in [6.07, 6.45) is 3.96. The number of pyridine rings is 1. The maximum Gasteiger partial charge on any atom is 0.186 e. The molecule has 0 aliphatic carbocycles. The van der Waals surface area contributed by atoms with E-state index in [9.17, 15) is 0 Å². The average Bonchev–Trinajstić information content (AvgIpc) is 3.04. The molecule has 0 radical (unpaired) electrons. The first-order valence-electron chi connectivity index (χ1n) is 6.96. The van der Waals surface area contributed by atoms with Gasteiger partial charge in [-0.3, -0.25) is 4.90 Å². The summed E-state index contributed by atoms with van der Waals surface area (Å²) in [6.45, 7) is 1.57. The molecule has 3 aromatic rings. The van der Waals surface area contributed by atoms with Crippen LogP contribution in [-0.2, 0) is 13.1 Å². The first-order chi connectivity index (χ1) is 10.5. The summed E-state index contributed by atoms with van der Waals surface area (Å²) >= 11 is 7.87. The summed E-state index contributed by atoms with van der Waals surface area (Å²) < 4.78 is 2.11. The molecule has 0 unspecified atom stereocenters. The first kappa shape index (κ1) is 15.3.